The molecule has 0 aromatic carbocycles. The highest BCUT2D eigenvalue weighted by atomic mass is 35.5. The third-order valence-corrected chi connectivity index (χ3v) is 1.77. The van der Waals surface area contributed by atoms with Crippen LogP contribution >= 0.6 is 11.6 Å². The third kappa shape index (κ3) is 3.47. The molecule has 0 aliphatic heterocycles. The Labute approximate surface area is 83.2 Å². The zero-order valence-corrected chi connectivity index (χ0v) is 8.29. The Morgan fingerprint density at radius 3 is 2.92 bits per heavy atom. The fourth-order valence-electron chi connectivity index (χ4n) is 0.893. The average Bonchev–Trinajstić information content (AvgIpc) is 2.19. The van der Waals surface area contributed by atoms with Gasteiger partial charge in [0.25, 0.3) is 0 Å². The molecule has 0 saturated heterocycles. The van der Waals surface area contributed by atoms with Crippen molar-refractivity contribution < 1.29 is 4.74 Å². The van der Waals surface area contributed by atoms with Crippen LogP contribution in [0.4, 0.5) is 0 Å². The summed E-state index contributed by atoms with van der Waals surface area (Å²) in [6, 6.07) is 3.79. The van der Waals surface area contributed by atoms with E-state index < -0.39 is 0 Å². The van der Waals surface area contributed by atoms with Crippen LogP contribution in [0, 0.1) is 0 Å². The van der Waals surface area contributed by atoms with Crippen molar-refractivity contribution in [2.24, 2.45) is 0 Å². The standard InChI is InChI=1S/C10H12ClNO/c1-13-10-6-5-9(8-12-10)4-2-3-7-11/h2,4-6,8H,3,7H2,1H3. The number of aromatic nitrogens is 1. The Bertz CT molecular complexity index is 269. The van der Waals surface area contributed by atoms with Gasteiger partial charge in [0.15, 0.2) is 0 Å². The van der Waals surface area contributed by atoms with E-state index in [1.807, 2.05) is 24.3 Å². The lowest BCUT2D eigenvalue weighted by molar-refractivity contribution is 0.398. The van der Waals surface area contributed by atoms with Crippen LogP contribution < -0.4 is 4.74 Å². The predicted octanol–water partition coefficient (Wildman–Crippen LogP) is 2.73. The zero-order valence-electron chi connectivity index (χ0n) is 7.53. The van der Waals surface area contributed by atoms with Gasteiger partial charge in [-0.1, -0.05) is 12.2 Å². The minimum atomic E-state index is 0.634. The summed E-state index contributed by atoms with van der Waals surface area (Å²) in [6.45, 7) is 0. The molecule has 0 saturated carbocycles. The van der Waals surface area contributed by atoms with Crippen LogP contribution in [0.5, 0.6) is 5.88 Å². The summed E-state index contributed by atoms with van der Waals surface area (Å²) in [4.78, 5) is 4.07. The quantitative estimate of drug-likeness (QED) is 0.693. The van der Waals surface area contributed by atoms with E-state index in [1.165, 1.54) is 0 Å². The van der Waals surface area contributed by atoms with E-state index in [1.54, 1.807) is 13.3 Å². The lowest BCUT2D eigenvalue weighted by Gasteiger charge is -1.97. The highest BCUT2D eigenvalue weighted by molar-refractivity contribution is 6.17. The first kappa shape index (κ1) is 10.1. The van der Waals surface area contributed by atoms with Gasteiger partial charge in [-0.05, 0) is 18.1 Å². The smallest absolute Gasteiger partial charge is 0.212 e. The number of pyridine rings is 1. The van der Waals surface area contributed by atoms with E-state index in [-0.39, 0.29) is 0 Å². The molecule has 1 aromatic rings. The van der Waals surface area contributed by atoms with Gasteiger partial charge >= 0.3 is 0 Å². The number of hydrogen-bond donors (Lipinski definition) is 0. The molecule has 0 radical (unpaired) electrons. The fourth-order valence-corrected chi connectivity index (χ4v) is 1.02. The van der Waals surface area contributed by atoms with Crippen molar-refractivity contribution in [3.63, 3.8) is 0 Å². The van der Waals surface area contributed by atoms with Crippen LogP contribution in [-0.2, 0) is 0 Å². The van der Waals surface area contributed by atoms with Gasteiger partial charge < -0.3 is 4.74 Å². The molecule has 1 rings (SSSR count). The summed E-state index contributed by atoms with van der Waals surface area (Å²) >= 11 is 5.53. The van der Waals surface area contributed by atoms with E-state index in [0.29, 0.717) is 11.8 Å². The normalized spacial score (nSPS) is 10.6. The molecule has 0 unspecified atom stereocenters. The lowest BCUT2D eigenvalue weighted by Crippen LogP contribution is -1.86. The highest BCUT2D eigenvalue weighted by Gasteiger charge is 1.90. The average molecular weight is 198 g/mol. The maximum Gasteiger partial charge on any atom is 0.212 e. The first-order chi connectivity index (χ1) is 6.36. The molecule has 1 aromatic heterocycles. The maximum atomic E-state index is 5.53. The second-order valence-corrected chi connectivity index (χ2v) is 2.89. The van der Waals surface area contributed by atoms with Crippen LogP contribution in [0.2, 0.25) is 0 Å². The Morgan fingerprint density at radius 2 is 2.38 bits per heavy atom. The number of methoxy groups -OCH3 is 1. The number of alkyl halides is 1. The first-order valence-electron chi connectivity index (χ1n) is 4.09. The van der Waals surface area contributed by atoms with E-state index in [2.05, 4.69) is 4.98 Å². The minimum Gasteiger partial charge on any atom is -0.481 e. The van der Waals surface area contributed by atoms with Gasteiger partial charge in [0.1, 0.15) is 0 Å². The Kier molecular flexibility index (Phi) is 4.33. The van der Waals surface area contributed by atoms with Crippen molar-refractivity contribution in [3.8, 4) is 5.88 Å². The summed E-state index contributed by atoms with van der Waals surface area (Å²) in [5.74, 6) is 1.29. The molecule has 0 N–H and O–H groups in total. The van der Waals surface area contributed by atoms with Crippen LogP contribution in [0.3, 0.4) is 0 Å². The summed E-state index contributed by atoms with van der Waals surface area (Å²) < 4.78 is 4.94. The predicted molar refractivity (Wildman–Crippen MR) is 55.2 cm³/mol. The molecular weight excluding hydrogens is 186 g/mol. The zero-order chi connectivity index (χ0) is 9.52. The first-order valence-corrected chi connectivity index (χ1v) is 4.63. The molecule has 70 valence electrons. The topological polar surface area (TPSA) is 22.1 Å². The molecule has 0 bridgehead atoms. The molecule has 13 heavy (non-hydrogen) atoms. The minimum absolute atomic E-state index is 0.634. The van der Waals surface area contributed by atoms with Crippen molar-refractivity contribution in [2.75, 3.05) is 13.0 Å². The van der Waals surface area contributed by atoms with Gasteiger partial charge in [-0.2, -0.15) is 0 Å². The second-order valence-electron chi connectivity index (χ2n) is 2.51. The number of halogens is 1. The van der Waals surface area contributed by atoms with Gasteiger partial charge in [-0.25, -0.2) is 4.98 Å². The summed E-state index contributed by atoms with van der Waals surface area (Å²) in [6.07, 6.45) is 6.67. The summed E-state index contributed by atoms with van der Waals surface area (Å²) in [5, 5.41) is 0. The van der Waals surface area contributed by atoms with Gasteiger partial charge in [0, 0.05) is 18.1 Å². The lowest BCUT2D eigenvalue weighted by atomic mass is 10.2. The fraction of sp³-hybridized carbons (Fsp3) is 0.300. The molecule has 0 spiro atoms. The number of nitrogens with zero attached hydrogens (tertiary/aromatic N) is 1. The van der Waals surface area contributed by atoms with Gasteiger partial charge in [0.05, 0.1) is 7.11 Å². The third-order valence-electron chi connectivity index (χ3n) is 1.55. The van der Waals surface area contributed by atoms with E-state index >= 15 is 0 Å². The SMILES string of the molecule is COc1ccc(C=CCCCl)cn1. The van der Waals surface area contributed by atoms with Crippen LogP contribution in [0.25, 0.3) is 6.08 Å². The number of rotatable bonds is 4. The monoisotopic (exact) mass is 197 g/mol. The van der Waals surface area contributed by atoms with Crippen molar-refractivity contribution in [2.45, 2.75) is 6.42 Å². The molecule has 0 amide bonds. The van der Waals surface area contributed by atoms with E-state index in [4.69, 9.17) is 16.3 Å². The maximum absolute atomic E-state index is 5.53. The van der Waals surface area contributed by atoms with E-state index in [0.717, 1.165) is 12.0 Å². The molecular formula is C10H12ClNO. The van der Waals surface area contributed by atoms with Crippen LogP contribution in [-0.4, -0.2) is 18.0 Å². The Hall–Kier alpha value is -1.02. The van der Waals surface area contributed by atoms with Crippen molar-refractivity contribution in [1.82, 2.24) is 4.98 Å². The largest absolute Gasteiger partial charge is 0.481 e. The van der Waals surface area contributed by atoms with Crippen molar-refractivity contribution in [3.05, 3.63) is 30.0 Å². The molecule has 3 heteroatoms. The molecule has 0 aliphatic rings. The number of ether oxygens (including phenoxy) is 1. The molecule has 0 aliphatic carbocycles. The summed E-state index contributed by atoms with van der Waals surface area (Å²) in [5.41, 5.74) is 1.06. The Balaban J connectivity index is 2.58. The Morgan fingerprint density at radius 1 is 1.54 bits per heavy atom. The van der Waals surface area contributed by atoms with Gasteiger partial charge in [0.2, 0.25) is 5.88 Å². The molecule has 1 heterocycles. The number of hydrogen-bond acceptors (Lipinski definition) is 2. The highest BCUT2D eigenvalue weighted by Crippen LogP contribution is 2.08. The van der Waals surface area contributed by atoms with Gasteiger partial charge in [-0.3, -0.25) is 0 Å². The van der Waals surface area contributed by atoms with Crippen LogP contribution in [0.15, 0.2) is 24.4 Å². The van der Waals surface area contributed by atoms with Crippen LogP contribution in [0.1, 0.15) is 12.0 Å². The van der Waals surface area contributed by atoms with Crippen molar-refractivity contribution in [1.29, 1.82) is 0 Å². The number of allylic oxidation sites excluding steroid dienone is 1. The molecule has 0 atom stereocenters. The molecule has 2 nitrogen and oxygen atoms in total. The van der Waals surface area contributed by atoms with E-state index in [9.17, 15) is 0 Å². The molecule has 0 fully saturated rings. The van der Waals surface area contributed by atoms with Gasteiger partial charge in [-0.15, -0.1) is 11.6 Å². The second kappa shape index (κ2) is 5.60. The van der Waals surface area contributed by atoms with Crippen molar-refractivity contribution >= 4 is 17.7 Å². The summed E-state index contributed by atoms with van der Waals surface area (Å²) in [7, 11) is 1.60.